The molecule has 3 rings (SSSR count). The van der Waals surface area contributed by atoms with Gasteiger partial charge in [-0.3, -0.25) is 4.79 Å². The fraction of sp³-hybridized carbons (Fsp3) is 0.222. The van der Waals surface area contributed by atoms with Gasteiger partial charge in [-0.05, 0) is 35.4 Å². The minimum absolute atomic E-state index is 0.115. The van der Waals surface area contributed by atoms with E-state index in [-0.39, 0.29) is 17.2 Å². The molecule has 5 nitrogen and oxygen atoms in total. The van der Waals surface area contributed by atoms with Crippen LogP contribution in [0, 0.1) is 0 Å². The molecule has 2 aromatic rings. The van der Waals surface area contributed by atoms with Crippen molar-refractivity contribution in [3.63, 3.8) is 0 Å². The lowest BCUT2D eigenvalue weighted by atomic mass is 10.1. The molecule has 0 aromatic heterocycles. The largest absolute Gasteiger partial charge is 0.273 e. The average Bonchev–Trinajstić information content (AvgIpc) is 3.05. The Bertz CT molecular complexity index is 920. The summed E-state index contributed by atoms with van der Waals surface area (Å²) in [5.41, 5.74) is 2.57. The molecule has 7 heteroatoms. The van der Waals surface area contributed by atoms with Crippen LogP contribution in [0.15, 0.2) is 58.5 Å². The summed E-state index contributed by atoms with van der Waals surface area (Å²) in [6.45, 7) is 0.540. The molecule has 0 N–H and O–H groups in total. The highest BCUT2D eigenvalue weighted by Gasteiger charge is 2.21. The summed E-state index contributed by atoms with van der Waals surface area (Å²) in [5.74, 6) is -0.115. The highest BCUT2D eigenvalue weighted by molar-refractivity contribution is 7.90. The Hall–Kier alpha value is -2.18. The first kappa shape index (κ1) is 17.6. The summed E-state index contributed by atoms with van der Waals surface area (Å²) in [4.78, 5) is 12.7. The molecular formula is C18H17ClN2O3S. The Morgan fingerprint density at radius 1 is 1.12 bits per heavy atom. The summed E-state index contributed by atoms with van der Waals surface area (Å²) in [6.07, 6.45) is 2.03. The monoisotopic (exact) mass is 376 g/mol. The van der Waals surface area contributed by atoms with E-state index >= 15 is 0 Å². The number of carbonyl (C=O) groups is 1. The molecule has 1 aliphatic rings. The van der Waals surface area contributed by atoms with Gasteiger partial charge in [0.15, 0.2) is 9.84 Å². The van der Waals surface area contributed by atoms with Gasteiger partial charge in [-0.1, -0.05) is 35.9 Å². The Labute approximate surface area is 151 Å². The van der Waals surface area contributed by atoms with Gasteiger partial charge in [0, 0.05) is 17.7 Å². The third-order valence-corrected chi connectivity index (χ3v) is 5.35. The van der Waals surface area contributed by atoms with Gasteiger partial charge in [-0.25, -0.2) is 13.4 Å². The number of hydrogen-bond donors (Lipinski definition) is 0. The fourth-order valence-corrected chi connectivity index (χ4v) is 3.36. The van der Waals surface area contributed by atoms with E-state index in [4.69, 9.17) is 11.6 Å². The summed E-state index contributed by atoms with van der Waals surface area (Å²) in [5, 5.41) is 6.53. The van der Waals surface area contributed by atoms with E-state index in [1.54, 1.807) is 24.3 Å². The molecule has 0 saturated carbocycles. The summed E-state index contributed by atoms with van der Waals surface area (Å²) in [6, 6.07) is 13.7. The first-order valence-corrected chi connectivity index (χ1v) is 10.0. The maximum Gasteiger partial charge on any atom is 0.247 e. The summed E-state index contributed by atoms with van der Waals surface area (Å²) < 4.78 is 22.9. The second-order valence-corrected chi connectivity index (χ2v) is 8.37. The minimum atomic E-state index is -3.23. The molecule has 0 atom stereocenters. The molecule has 1 aliphatic heterocycles. The van der Waals surface area contributed by atoms with E-state index in [0.717, 1.165) is 23.1 Å². The van der Waals surface area contributed by atoms with Crippen LogP contribution in [0.25, 0.3) is 0 Å². The van der Waals surface area contributed by atoms with Gasteiger partial charge in [-0.2, -0.15) is 5.10 Å². The van der Waals surface area contributed by atoms with Crippen molar-refractivity contribution in [1.82, 2.24) is 5.01 Å². The van der Waals surface area contributed by atoms with Gasteiger partial charge in [0.2, 0.25) is 5.91 Å². The second kappa shape index (κ2) is 6.98. The van der Waals surface area contributed by atoms with Crippen molar-refractivity contribution in [3.8, 4) is 0 Å². The van der Waals surface area contributed by atoms with E-state index in [0.29, 0.717) is 18.0 Å². The van der Waals surface area contributed by atoms with Crippen LogP contribution in [0.2, 0.25) is 5.02 Å². The van der Waals surface area contributed by atoms with Crippen LogP contribution in [0.5, 0.6) is 0 Å². The highest BCUT2D eigenvalue weighted by Crippen LogP contribution is 2.18. The van der Waals surface area contributed by atoms with Crippen molar-refractivity contribution < 1.29 is 13.2 Å². The highest BCUT2D eigenvalue weighted by atomic mass is 35.5. The number of hydrazone groups is 1. The Morgan fingerprint density at radius 2 is 1.76 bits per heavy atom. The van der Waals surface area contributed by atoms with Crippen molar-refractivity contribution in [2.75, 3.05) is 12.8 Å². The number of amides is 1. The first-order valence-electron chi connectivity index (χ1n) is 7.76. The quantitative estimate of drug-likeness (QED) is 0.823. The third kappa shape index (κ3) is 4.27. The van der Waals surface area contributed by atoms with Gasteiger partial charge in [0.05, 0.1) is 23.6 Å². The normalized spacial score (nSPS) is 14.5. The number of nitrogens with zero attached hydrogens (tertiary/aromatic N) is 2. The topological polar surface area (TPSA) is 66.8 Å². The van der Waals surface area contributed by atoms with E-state index < -0.39 is 9.84 Å². The summed E-state index contributed by atoms with van der Waals surface area (Å²) >= 11 is 5.88. The molecule has 0 bridgehead atoms. The van der Waals surface area contributed by atoms with E-state index in [1.165, 1.54) is 17.1 Å². The van der Waals surface area contributed by atoms with Gasteiger partial charge in [-0.15, -0.1) is 0 Å². The third-order valence-electron chi connectivity index (χ3n) is 3.97. The molecule has 0 spiro atoms. The van der Waals surface area contributed by atoms with E-state index in [9.17, 15) is 13.2 Å². The van der Waals surface area contributed by atoms with Crippen LogP contribution in [0.3, 0.4) is 0 Å². The van der Waals surface area contributed by atoms with Crippen molar-refractivity contribution in [2.24, 2.45) is 5.10 Å². The van der Waals surface area contributed by atoms with Gasteiger partial charge in [0.25, 0.3) is 0 Å². The summed E-state index contributed by atoms with van der Waals surface area (Å²) in [7, 11) is -3.23. The van der Waals surface area contributed by atoms with Crippen LogP contribution >= 0.6 is 11.6 Å². The SMILES string of the molecule is CS(=O)(=O)c1ccc(CC(=O)N2CCC(c3ccc(Cl)cc3)=N2)cc1. The molecule has 2 aromatic carbocycles. The molecule has 0 fully saturated rings. The lowest BCUT2D eigenvalue weighted by Gasteiger charge is -2.11. The van der Waals surface area contributed by atoms with Crippen molar-refractivity contribution in [1.29, 1.82) is 0 Å². The zero-order valence-corrected chi connectivity index (χ0v) is 15.2. The number of hydrogen-bond acceptors (Lipinski definition) is 4. The van der Waals surface area contributed by atoms with Crippen molar-refractivity contribution in [3.05, 3.63) is 64.7 Å². The fourth-order valence-electron chi connectivity index (χ4n) is 2.60. The van der Waals surface area contributed by atoms with Gasteiger partial charge in [0.1, 0.15) is 0 Å². The van der Waals surface area contributed by atoms with Crippen molar-refractivity contribution >= 4 is 33.1 Å². The molecular weight excluding hydrogens is 360 g/mol. The Morgan fingerprint density at radius 3 is 2.36 bits per heavy atom. The Balaban J connectivity index is 1.69. The average molecular weight is 377 g/mol. The molecule has 1 amide bonds. The van der Waals surface area contributed by atoms with Crippen LogP contribution in [-0.4, -0.2) is 37.8 Å². The predicted octanol–water partition coefficient (Wildman–Crippen LogP) is 2.92. The van der Waals surface area contributed by atoms with Crippen LogP contribution in [0.1, 0.15) is 17.5 Å². The molecule has 130 valence electrons. The zero-order valence-electron chi connectivity index (χ0n) is 13.6. The molecule has 0 saturated heterocycles. The lowest BCUT2D eigenvalue weighted by molar-refractivity contribution is -0.130. The molecule has 0 unspecified atom stereocenters. The van der Waals surface area contributed by atoms with E-state index in [2.05, 4.69) is 5.10 Å². The zero-order chi connectivity index (χ0) is 18.0. The number of benzene rings is 2. The predicted molar refractivity (Wildman–Crippen MR) is 97.6 cm³/mol. The second-order valence-electron chi connectivity index (χ2n) is 5.91. The smallest absolute Gasteiger partial charge is 0.247 e. The van der Waals surface area contributed by atoms with Gasteiger partial charge < -0.3 is 0 Å². The molecule has 1 heterocycles. The maximum absolute atomic E-state index is 12.4. The standard InChI is InChI=1S/C18H17ClN2O3S/c1-25(23,24)16-8-2-13(3-9-16)12-18(22)21-11-10-17(20-21)14-4-6-15(19)7-5-14/h2-9H,10-12H2,1H3. The lowest BCUT2D eigenvalue weighted by Crippen LogP contribution is -2.25. The molecule has 0 radical (unpaired) electrons. The minimum Gasteiger partial charge on any atom is -0.273 e. The van der Waals surface area contributed by atoms with Crippen molar-refractivity contribution in [2.45, 2.75) is 17.7 Å². The Kier molecular flexibility index (Phi) is 4.92. The first-order chi connectivity index (χ1) is 11.8. The van der Waals surface area contributed by atoms with Gasteiger partial charge >= 0.3 is 0 Å². The van der Waals surface area contributed by atoms with Crippen LogP contribution < -0.4 is 0 Å². The van der Waals surface area contributed by atoms with Crippen LogP contribution in [-0.2, 0) is 21.1 Å². The molecule has 25 heavy (non-hydrogen) atoms. The number of rotatable bonds is 4. The number of halogens is 1. The molecule has 0 aliphatic carbocycles. The maximum atomic E-state index is 12.4. The van der Waals surface area contributed by atoms with E-state index in [1.807, 2.05) is 12.1 Å². The van der Waals surface area contributed by atoms with Crippen LogP contribution in [0.4, 0.5) is 0 Å². The number of sulfone groups is 1. The number of carbonyl (C=O) groups excluding carboxylic acids is 1.